The third-order valence-corrected chi connectivity index (χ3v) is 2.17. The van der Waals surface area contributed by atoms with Gasteiger partial charge in [0, 0.05) is 10.9 Å². The zero-order valence-electron chi connectivity index (χ0n) is 7.60. The van der Waals surface area contributed by atoms with Crippen LogP contribution in [0, 0.1) is 0 Å². The van der Waals surface area contributed by atoms with E-state index in [0.717, 1.165) is 6.07 Å². The maximum atomic E-state index is 12.3. The molecule has 1 heterocycles. The third-order valence-electron chi connectivity index (χ3n) is 2.17. The number of hydrogen-bond donors (Lipinski definition) is 2. The van der Waals surface area contributed by atoms with Crippen LogP contribution in [0.25, 0.3) is 10.9 Å². The Kier molecular flexibility index (Phi) is 2.19. The van der Waals surface area contributed by atoms with Crippen LogP contribution in [0.15, 0.2) is 24.3 Å². The molecular formula is C10H8F3NO. The lowest BCUT2D eigenvalue weighted by atomic mass is 10.2. The molecule has 5 heteroatoms. The Morgan fingerprint density at radius 3 is 2.53 bits per heavy atom. The SMILES string of the molecule is OCc1ccc2[nH]c(C(F)(F)F)cc2c1. The van der Waals surface area contributed by atoms with Crippen molar-refractivity contribution in [3.05, 3.63) is 35.5 Å². The zero-order chi connectivity index (χ0) is 11.1. The summed E-state index contributed by atoms with van der Waals surface area (Å²) in [6.45, 7) is -0.178. The van der Waals surface area contributed by atoms with Crippen LogP contribution in [-0.4, -0.2) is 10.1 Å². The van der Waals surface area contributed by atoms with Crippen molar-refractivity contribution in [1.29, 1.82) is 0 Å². The Bertz CT molecular complexity index is 487. The molecule has 0 amide bonds. The summed E-state index contributed by atoms with van der Waals surface area (Å²) >= 11 is 0. The van der Waals surface area contributed by atoms with Crippen LogP contribution in [0.1, 0.15) is 11.3 Å². The van der Waals surface area contributed by atoms with E-state index in [2.05, 4.69) is 4.98 Å². The number of nitrogens with one attached hydrogen (secondary N) is 1. The summed E-state index contributed by atoms with van der Waals surface area (Å²) in [7, 11) is 0. The van der Waals surface area contributed by atoms with Gasteiger partial charge in [0.05, 0.1) is 6.61 Å². The van der Waals surface area contributed by atoms with Gasteiger partial charge in [0.25, 0.3) is 0 Å². The molecule has 0 aliphatic rings. The van der Waals surface area contributed by atoms with Gasteiger partial charge in [-0.15, -0.1) is 0 Å². The molecule has 15 heavy (non-hydrogen) atoms. The maximum absolute atomic E-state index is 12.3. The van der Waals surface area contributed by atoms with Crippen molar-refractivity contribution in [3.63, 3.8) is 0 Å². The average Bonchev–Trinajstić information content (AvgIpc) is 2.59. The molecule has 0 radical (unpaired) electrons. The van der Waals surface area contributed by atoms with Crippen molar-refractivity contribution in [1.82, 2.24) is 4.98 Å². The monoisotopic (exact) mass is 215 g/mol. The predicted molar refractivity (Wildman–Crippen MR) is 49.2 cm³/mol. The number of halogens is 3. The molecule has 0 unspecified atom stereocenters. The minimum absolute atomic E-state index is 0.178. The van der Waals surface area contributed by atoms with E-state index in [1.54, 1.807) is 6.07 Å². The summed E-state index contributed by atoms with van der Waals surface area (Å²) in [5.74, 6) is 0. The lowest BCUT2D eigenvalue weighted by molar-refractivity contribution is -0.140. The molecule has 0 aliphatic heterocycles. The minimum Gasteiger partial charge on any atom is -0.392 e. The van der Waals surface area contributed by atoms with Gasteiger partial charge in [-0.2, -0.15) is 13.2 Å². The second kappa shape index (κ2) is 3.27. The lowest BCUT2D eigenvalue weighted by Gasteiger charge is -2.00. The van der Waals surface area contributed by atoms with E-state index >= 15 is 0 Å². The second-order valence-corrected chi connectivity index (χ2v) is 3.26. The summed E-state index contributed by atoms with van der Waals surface area (Å²) in [5, 5.41) is 9.28. The Morgan fingerprint density at radius 1 is 1.20 bits per heavy atom. The first-order valence-electron chi connectivity index (χ1n) is 4.30. The first-order valence-corrected chi connectivity index (χ1v) is 4.30. The number of aromatic nitrogens is 1. The van der Waals surface area contributed by atoms with Crippen molar-refractivity contribution in [2.75, 3.05) is 0 Å². The van der Waals surface area contributed by atoms with E-state index in [9.17, 15) is 13.2 Å². The van der Waals surface area contributed by atoms with E-state index < -0.39 is 11.9 Å². The molecule has 0 fully saturated rings. The molecule has 0 atom stereocenters. The summed E-state index contributed by atoms with van der Waals surface area (Å²) in [4.78, 5) is 2.28. The van der Waals surface area contributed by atoms with Gasteiger partial charge in [0.15, 0.2) is 0 Å². The predicted octanol–water partition coefficient (Wildman–Crippen LogP) is 2.68. The highest BCUT2D eigenvalue weighted by Crippen LogP contribution is 2.31. The number of hydrogen-bond acceptors (Lipinski definition) is 1. The van der Waals surface area contributed by atoms with Gasteiger partial charge in [-0.1, -0.05) is 6.07 Å². The van der Waals surface area contributed by atoms with Gasteiger partial charge >= 0.3 is 6.18 Å². The first kappa shape index (κ1) is 10.0. The highest BCUT2D eigenvalue weighted by molar-refractivity contribution is 5.81. The van der Waals surface area contributed by atoms with Crippen molar-refractivity contribution in [2.45, 2.75) is 12.8 Å². The smallest absolute Gasteiger partial charge is 0.392 e. The van der Waals surface area contributed by atoms with Crippen molar-refractivity contribution in [3.8, 4) is 0 Å². The molecule has 2 rings (SSSR count). The number of fused-ring (bicyclic) bond motifs is 1. The van der Waals surface area contributed by atoms with Crippen molar-refractivity contribution >= 4 is 10.9 Å². The molecule has 2 aromatic rings. The van der Waals surface area contributed by atoms with Crippen LogP contribution >= 0.6 is 0 Å². The van der Waals surface area contributed by atoms with Crippen LogP contribution in [0.5, 0.6) is 0 Å². The van der Waals surface area contributed by atoms with E-state index in [1.807, 2.05) is 0 Å². The van der Waals surface area contributed by atoms with E-state index in [1.165, 1.54) is 12.1 Å². The van der Waals surface area contributed by atoms with E-state index in [4.69, 9.17) is 5.11 Å². The number of aliphatic hydroxyl groups excluding tert-OH is 1. The van der Waals surface area contributed by atoms with Crippen LogP contribution in [0.3, 0.4) is 0 Å². The Morgan fingerprint density at radius 2 is 1.93 bits per heavy atom. The first-order chi connectivity index (χ1) is 7.00. The second-order valence-electron chi connectivity index (χ2n) is 3.26. The normalized spacial score (nSPS) is 12.3. The molecule has 2 nitrogen and oxygen atoms in total. The number of H-pyrrole nitrogens is 1. The highest BCUT2D eigenvalue weighted by Gasteiger charge is 2.32. The van der Waals surface area contributed by atoms with Crippen LogP contribution in [0.2, 0.25) is 0 Å². The number of aliphatic hydroxyl groups is 1. The summed E-state index contributed by atoms with van der Waals surface area (Å²) in [6, 6.07) is 5.67. The number of aromatic amines is 1. The fourth-order valence-electron chi connectivity index (χ4n) is 1.43. The molecule has 0 spiro atoms. The quantitative estimate of drug-likeness (QED) is 0.753. The van der Waals surface area contributed by atoms with Gasteiger partial charge < -0.3 is 10.1 Å². The summed E-state index contributed by atoms with van der Waals surface area (Å²) in [5.41, 5.74) is 0.238. The summed E-state index contributed by atoms with van der Waals surface area (Å²) in [6.07, 6.45) is -4.36. The highest BCUT2D eigenvalue weighted by atomic mass is 19.4. The van der Waals surface area contributed by atoms with Gasteiger partial charge in [-0.25, -0.2) is 0 Å². The van der Waals surface area contributed by atoms with Crippen molar-refractivity contribution in [2.24, 2.45) is 0 Å². The molecule has 0 saturated heterocycles. The topological polar surface area (TPSA) is 36.0 Å². The Labute approximate surface area is 83.3 Å². The molecular weight excluding hydrogens is 207 g/mol. The molecule has 2 N–H and O–H groups in total. The largest absolute Gasteiger partial charge is 0.431 e. The van der Waals surface area contributed by atoms with Crippen LogP contribution in [0.4, 0.5) is 13.2 Å². The van der Waals surface area contributed by atoms with Crippen molar-refractivity contribution < 1.29 is 18.3 Å². The minimum atomic E-state index is -4.36. The molecule has 1 aromatic heterocycles. The Balaban J connectivity index is 2.56. The lowest BCUT2D eigenvalue weighted by Crippen LogP contribution is -2.04. The van der Waals surface area contributed by atoms with E-state index in [-0.39, 0.29) is 6.61 Å². The fourth-order valence-corrected chi connectivity index (χ4v) is 1.43. The fraction of sp³-hybridized carbons (Fsp3) is 0.200. The van der Waals surface area contributed by atoms with Crippen LogP contribution in [-0.2, 0) is 12.8 Å². The van der Waals surface area contributed by atoms with Gasteiger partial charge in [-0.05, 0) is 23.8 Å². The molecule has 0 saturated carbocycles. The molecule has 0 bridgehead atoms. The van der Waals surface area contributed by atoms with Gasteiger partial charge in [0.1, 0.15) is 5.69 Å². The molecule has 1 aromatic carbocycles. The summed E-state index contributed by atoms with van der Waals surface area (Å²) < 4.78 is 37.0. The average molecular weight is 215 g/mol. The number of benzene rings is 1. The molecule has 0 aliphatic carbocycles. The van der Waals surface area contributed by atoms with Gasteiger partial charge in [-0.3, -0.25) is 0 Å². The van der Waals surface area contributed by atoms with E-state index in [0.29, 0.717) is 16.5 Å². The number of alkyl halides is 3. The third kappa shape index (κ3) is 1.83. The maximum Gasteiger partial charge on any atom is 0.431 e. The Hall–Kier alpha value is -1.49. The van der Waals surface area contributed by atoms with Crippen LogP contribution < -0.4 is 0 Å². The standard InChI is InChI=1S/C10H8F3NO/c11-10(12,13)9-4-7-3-6(5-15)1-2-8(7)14-9/h1-4,14-15H,5H2. The number of rotatable bonds is 1. The zero-order valence-corrected chi connectivity index (χ0v) is 7.60. The molecule has 80 valence electrons. The van der Waals surface area contributed by atoms with Gasteiger partial charge in [0.2, 0.25) is 0 Å².